The van der Waals surface area contributed by atoms with Gasteiger partial charge < -0.3 is 54.2 Å². The first-order valence-corrected chi connectivity index (χ1v) is 10.3. The van der Waals surface area contributed by atoms with Gasteiger partial charge in [-0.25, -0.2) is 4.79 Å². The lowest BCUT2D eigenvalue weighted by Crippen LogP contribution is -2.61. The summed E-state index contributed by atoms with van der Waals surface area (Å²) in [5.74, 6) is -5.45. The molecule has 0 aliphatic rings. The molecule has 0 spiro atoms. The zero-order valence-corrected chi connectivity index (χ0v) is 18.9. The summed E-state index contributed by atoms with van der Waals surface area (Å²) in [6.45, 7) is 2.40. The summed E-state index contributed by atoms with van der Waals surface area (Å²) in [7, 11) is 0. The number of nitrogens with zero attached hydrogens (tertiary/aromatic N) is 1. The van der Waals surface area contributed by atoms with E-state index in [4.69, 9.17) is 28.0 Å². The molecule has 0 saturated carbocycles. The standard InChI is InChI=1S/C18H34N8O8/c1-7(27)12(16(32)26-13(8(2)28)17(33)34)25-15(31)10(4-3-5-23-18(21)22)24-14(30)9(19)6-11(20)29/h7-10,12-13,27-28H,3-6,19H2,1-2H3,(H2,20,29)(H,24,30)(H,25,31)(H,26,32)(H,33,34)(H4,21,22,23). The molecule has 16 nitrogen and oxygen atoms in total. The van der Waals surface area contributed by atoms with E-state index in [1.807, 2.05) is 5.32 Å². The summed E-state index contributed by atoms with van der Waals surface area (Å²) in [6.07, 6.45) is -3.26. The number of carboxylic acid groups (broad SMARTS) is 1. The highest BCUT2D eigenvalue weighted by molar-refractivity contribution is 5.95. The van der Waals surface area contributed by atoms with Gasteiger partial charge in [0.25, 0.3) is 0 Å². The SMILES string of the molecule is CC(O)C(NC(=O)C(NC(=O)C(CCCN=C(N)N)NC(=O)C(N)CC(N)=O)C(C)O)C(=O)O. The molecule has 0 aliphatic heterocycles. The summed E-state index contributed by atoms with van der Waals surface area (Å²) < 4.78 is 0. The molecule has 6 unspecified atom stereocenters. The van der Waals surface area contributed by atoms with E-state index in [9.17, 15) is 34.2 Å². The van der Waals surface area contributed by atoms with E-state index in [0.29, 0.717) is 0 Å². The zero-order chi connectivity index (χ0) is 26.6. The number of rotatable bonds is 15. The number of hydrogen-bond acceptors (Lipinski definition) is 9. The van der Waals surface area contributed by atoms with Gasteiger partial charge in [-0.15, -0.1) is 0 Å². The van der Waals surface area contributed by atoms with Crippen molar-refractivity contribution in [3.05, 3.63) is 0 Å². The fraction of sp³-hybridized carbons (Fsp3) is 0.667. The van der Waals surface area contributed by atoms with E-state index in [-0.39, 0.29) is 25.3 Å². The lowest BCUT2D eigenvalue weighted by atomic mass is 10.1. The highest BCUT2D eigenvalue weighted by Gasteiger charge is 2.34. The fourth-order valence-electron chi connectivity index (χ4n) is 2.65. The van der Waals surface area contributed by atoms with Crippen LogP contribution >= 0.6 is 0 Å². The zero-order valence-electron chi connectivity index (χ0n) is 18.9. The molecule has 16 heteroatoms. The molecule has 0 aromatic heterocycles. The highest BCUT2D eigenvalue weighted by atomic mass is 16.4. The van der Waals surface area contributed by atoms with Gasteiger partial charge in [0.15, 0.2) is 12.0 Å². The van der Waals surface area contributed by atoms with Crippen LogP contribution in [0.2, 0.25) is 0 Å². The van der Waals surface area contributed by atoms with Crippen LogP contribution in [0.15, 0.2) is 4.99 Å². The predicted molar refractivity (Wildman–Crippen MR) is 118 cm³/mol. The van der Waals surface area contributed by atoms with Crippen LogP contribution in [0.4, 0.5) is 0 Å². The first kappa shape index (κ1) is 30.5. The average Bonchev–Trinajstić information content (AvgIpc) is 2.70. The van der Waals surface area contributed by atoms with Crippen molar-refractivity contribution in [3.63, 3.8) is 0 Å². The van der Waals surface area contributed by atoms with Crippen LogP contribution in [0.5, 0.6) is 0 Å². The molecule has 0 fully saturated rings. The number of aliphatic hydroxyl groups excluding tert-OH is 2. The molecule has 4 amide bonds. The lowest BCUT2D eigenvalue weighted by Gasteiger charge is -2.27. The first-order chi connectivity index (χ1) is 15.7. The summed E-state index contributed by atoms with van der Waals surface area (Å²) in [6, 6.07) is -5.97. The Morgan fingerprint density at radius 1 is 0.853 bits per heavy atom. The third-order valence-electron chi connectivity index (χ3n) is 4.44. The molecule has 0 bridgehead atoms. The monoisotopic (exact) mass is 490 g/mol. The second-order valence-electron chi connectivity index (χ2n) is 7.58. The maximum absolute atomic E-state index is 12.8. The number of primary amides is 1. The maximum Gasteiger partial charge on any atom is 0.328 e. The van der Waals surface area contributed by atoms with Gasteiger partial charge in [-0.3, -0.25) is 24.2 Å². The van der Waals surface area contributed by atoms with Crippen LogP contribution in [-0.2, 0) is 24.0 Å². The number of aliphatic hydroxyl groups is 2. The molecule has 0 saturated heterocycles. The topological polar surface area (TPSA) is 299 Å². The van der Waals surface area contributed by atoms with Crippen molar-refractivity contribution in [2.75, 3.05) is 6.54 Å². The third-order valence-corrected chi connectivity index (χ3v) is 4.44. The Labute approximate surface area is 195 Å². The normalized spacial score (nSPS) is 16.0. The van der Waals surface area contributed by atoms with Crippen LogP contribution in [-0.4, -0.2) is 93.8 Å². The van der Waals surface area contributed by atoms with E-state index < -0.39 is 72.4 Å². The highest BCUT2D eigenvalue weighted by Crippen LogP contribution is 2.04. The number of nitrogens with one attached hydrogen (secondary N) is 3. The summed E-state index contributed by atoms with van der Waals surface area (Å²) in [4.78, 5) is 63.5. The molecular weight excluding hydrogens is 456 g/mol. The molecule has 0 aromatic rings. The second kappa shape index (κ2) is 14.6. The number of guanidine groups is 1. The third kappa shape index (κ3) is 11.4. The van der Waals surface area contributed by atoms with E-state index >= 15 is 0 Å². The van der Waals surface area contributed by atoms with E-state index in [1.165, 1.54) is 0 Å². The van der Waals surface area contributed by atoms with E-state index in [2.05, 4.69) is 15.6 Å². The Balaban J connectivity index is 5.54. The molecule has 0 rings (SSSR count). The van der Waals surface area contributed by atoms with Gasteiger partial charge in [0, 0.05) is 6.54 Å². The molecule has 34 heavy (non-hydrogen) atoms. The van der Waals surface area contributed by atoms with Crippen LogP contribution in [0, 0.1) is 0 Å². The van der Waals surface area contributed by atoms with Gasteiger partial charge in [-0.1, -0.05) is 0 Å². The number of aliphatic carboxylic acids is 1. The van der Waals surface area contributed by atoms with Gasteiger partial charge in [0.2, 0.25) is 23.6 Å². The Morgan fingerprint density at radius 3 is 1.82 bits per heavy atom. The van der Waals surface area contributed by atoms with Crippen molar-refractivity contribution < 1.29 is 39.3 Å². The van der Waals surface area contributed by atoms with Gasteiger partial charge >= 0.3 is 5.97 Å². The molecule has 0 radical (unpaired) electrons. The number of carbonyl (C=O) groups excluding carboxylic acids is 4. The number of aliphatic imine (C=N–C) groups is 1. The van der Waals surface area contributed by atoms with Crippen molar-refractivity contribution in [3.8, 4) is 0 Å². The van der Waals surface area contributed by atoms with E-state index in [1.54, 1.807) is 0 Å². The molecule has 0 heterocycles. The minimum atomic E-state index is -1.70. The molecule has 194 valence electrons. The molecule has 6 atom stereocenters. The van der Waals surface area contributed by atoms with Gasteiger partial charge in [0.05, 0.1) is 24.7 Å². The maximum atomic E-state index is 12.8. The number of carbonyl (C=O) groups is 5. The molecular formula is C18H34N8O8. The summed E-state index contributed by atoms with van der Waals surface area (Å²) in [5, 5.41) is 35.2. The second-order valence-corrected chi connectivity index (χ2v) is 7.58. The number of nitrogens with two attached hydrogens (primary N) is 4. The van der Waals surface area contributed by atoms with Gasteiger partial charge in [-0.2, -0.15) is 0 Å². The Morgan fingerprint density at radius 2 is 1.38 bits per heavy atom. The number of hydrogen-bond donors (Lipinski definition) is 10. The van der Waals surface area contributed by atoms with Crippen molar-refractivity contribution in [1.82, 2.24) is 16.0 Å². The van der Waals surface area contributed by atoms with Crippen molar-refractivity contribution >= 4 is 35.6 Å². The molecule has 0 aliphatic carbocycles. The molecule has 0 aromatic carbocycles. The van der Waals surface area contributed by atoms with Gasteiger partial charge in [0.1, 0.15) is 12.1 Å². The fourth-order valence-corrected chi connectivity index (χ4v) is 2.65. The van der Waals surface area contributed by atoms with Crippen LogP contribution in [0.25, 0.3) is 0 Å². The minimum Gasteiger partial charge on any atom is -0.480 e. The van der Waals surface area contributed by atoms with Crippen LogP contribution in [0.1, 0.15) is 33.1 Å². The van der Waals surface area contributed by atoms with E-state index in [0.717, 1.165) is 13.8 Å². The smallest absolute Gasteiger partial charge is 0.328 e. The van der Waals surface area contributed by atoms with Crippen molar-refractivity contribution in [1.29, 1.82) is 0 Å². The van der Waals surface area contributed by atoms with Crippen LogP contribution in [0.3, 0.4) is 0 Å². The lowest BCUT2D eigenvalue weighted by molar-refractivity contribution is -0.146. The average molecular weight is 491 g/mol. The Hall–Kier alpha value is -3.50. The largest absolute Gasteiger partial charge is 0.480 e. The summed E-state index contributed by atoms with van der Waals surface area (Å²) >= 11 is 0. The quantitative estimate of drug-likeness (QED) is 0.0586. The van der Waals surface area contributed by atoms with Crippen molar-refractivity contribution in [2.24, 2.45) is 27.9 Å². The first-order valence-electron chi connectivity index (χ1n) is 10.3. The number of amides is 4. The molecule has 14 N–H and O–H groups in total. The predicted octanol–water partition coefficient (Wildman–Crippen LogP) is -5.46. The number of carboxylic acids is 1. The van der Waals surface area contributed by atoms with Crippen molar-refractivity contribution in [2.45, 2.75) is 69.5 Å². The summed E-state index contributed by atoms with van der Waals surface area (Å²) in [5.41, 5.74) is 21.1. The Bertz CT molecular complexity index is 769. The van der Waals surface area contributed by atoms with Crippen LogP contribution < -0.4 is 38.9 Å². The van der Waals surface area contributed by atoms with Gasteiger partial charge in [-0.05, 0) is 26.7 Å². The minimum absolute atomic E-state index is 0.0305. The Kier molecular flexibility index (Phi) is 13.1.